The van der Waals surface area contributed by atoms with Crippen molar-refractivity contribution in [2.75, 3.05) is 11.9 Å². The van der Waals surface area contributed by atoms with Crippen molar-refractivity contribution in [1.82, 2.24) is 15.3 Å². The third kappa shape index (κ3) is 5.23. The largest absolute Gasteiger partial charge is 0.352 e. The number of hydrogen-bond acceptors (Lipinski definition) is 5. The molecule has 0 aliphatic rings. The summed E-state index contributed by atoms with van der Waals surface area (Å²) in [6.07, 6.45) is 3.59. The Morgan fingerprint density at radius 1 is 1.14 bits per heavy atom. The molecule has 1 aromatic carbocycles. The van der Waals surface area contributed by atoms with Gasteiger partial charge in [0.1, 0.15) is 5.01 Å². The van der Waals surface area contributed by atoms with E-state index in [1.807, 2.05) is 31.4 Å². The lowest BCUT2D eigenvalue weighted by atomic mass is 10.1. The molecule has 0 radical (unpaired) electrons. The molecule has 0 saturated carbocycles. The number of carbonyl (C=O) groups is 2. The molecular formula is C21H22N4O2S. The van der Waals surface area contributed by atoms with Gasteiger partial charge in [0.05, 0.1) is 23.4 Å². The van der Waals surface area contributed by atoms with E-state index < -0.39 is 0 Å². The van der Waals surface area contributed by atoms with Crippen molar-refractivity contribution in [1.29, 1.82) is 0 Å². The molecule has 0 aliphatic carbocycles. The minimum absolute atomic E-state index is 0.138. The van der Waals surface area contributed by atoms with Crippen LogP contribution >= 0.6 is 11.3 Å². The van der Waals surface area contributed by atoms with Crippen LogP contribution in [0.5, 0.6) is 0 Å². The second-order valence-electron chi connectivity index (χ2n) is 6.76. The van der Waals surface area contributed by atoms with E-state index in [1.165, 1.54) is 11.3 Å². The molecule has 2 amide bonds. The van der Waals surface area contributed by atoms with Gasteiger partial charge in [-0.05, 0) is 30.2 Å². The highest BCUT2D eigenvalue weighted by Gasteiger charge is 2.15. The van der Waals surface area contributed by atoms with E-state index in [1.54, 1.807) is 36.7 Å². The molecule has 144 valence electrons. The van der Waals surface area contributed by atoms with Gasteiger partial charge < -0.3 is 10.6 Å². The summed E-state index contributed by atoms with van der Waals surface area (Å²) in [4.78, 5) is 33.5. The molecule has 3 aromatic rings. The highest BCUT2D eigenvalue weighted by Crippen LogP contribution is 2.23. The Balaban J connectivity index is 1.66. The fourth-order valence-electron chi connectivity index (χ4n) is 2.55. The van der Waals surface area contributed by atoms with Gasteiger partial charge in [0.2, 0.25) is 5.91 Å². The maximum Gasteiger partial charge on any atom is 0.253 e. The zero-order valence-electron chi connectivity index (χ0n) is 15.8. The summed E-state index contributed by atoms with van der Waals surface area (Å²) < 4.78 is 0. The van der Waals surface area contributed by atoms with Gasteiger partial charge in [-0.15, -0.1) is 11.3 Å². The number of amides is 2. The summed E-state index contributed by atoms with van der Waals surface area (Å²) in [6, 6.07) is 10.8. The SMILES string of the molecule is CC(C)CNC(=O)c1ccccc1NC(=O)Cc1csc(-c2cccnc2)n1. The summed E-state index contributed by atoms with van der Waals surface area (Å²) in [7, 11) is 0. The van der Waals surface area contributed by atoms with Gasteiger partial charge in [0.15, 0.2) is 0 Å². The highest BCUT2D eigenvalue weighted by atomic mass is 32.1. The first-order valence-corrected chi connectivity index (χ1v) is 9.92. The lowest BCUT2D eigenvalue weighted by Gasteiger charge is -2.12. The number of hydrogen-bond donors (Lipinski definition) is 2. The van der Waals surface area contributed by atoms with Gasteiger partial charge in [0.25, 0.3) is 5.91 Å². The van der Waals surface area contributed by atoms with Crippen LogP contribution in [0.1, 0.15) is 29.9 Å². The molecule has 6 nitrogen and oxygen atoms in total. The van der Waals surface area contributed by atoms with Crippen molar-refractivity contribution in [2.24, 2.45) is 5.92 Å². The van der Waals surface area contributed by atoms with E-state index in [0.717, 1.165) is 10.6 Å². The van der Waals surface area contributed by atoms with Crippen molar-refractivity contribution in [3.8, 4) is 10.6 Å². The fourth-order valence-corrected chi connectivity index (χ4v) is 3.36. The number of benzene rings is 1. The minimum Gasteiger partial charge on any atom is -0.352 e. The zero-order chi connectivity index (χ0) is 19.9. The fraction of sp³-hybridized carbons (Fsp3) is 0.238. The smallest absolute Gasteiger partial charge is 0.253 e. The maximum atomic E-state index is 12.5. The summed E-state index contributed by atoms with van der Waals surface area (Å²) in [5, 5.41) is 8.39. The summed E-state index contributed by atoms with van der Waals surface area (Å²) in [6.45, 7) is 4.64. The number of aromatic nitrogens is 2. The molecule has 2 aromatic heterocycles. The predicted molar refractivity (Wildman–Crippen MR) is 111 cm³/mol. The molecule has 0 unspecified atom stereocenters. The van der Waals surface area contributed by atoms with Crippen LogP contribution in [0.2, 0.25) is 0 Å². The van der Waals surface area contributed by atoms with E-state index in [-0.39, 0.29) is 18.2 Å². The third-order valence-electron chi connectivity index (χ3n) is 3.92. The zero-order valence-corrected chi connectivity index (χ0v) is 16.6. The van der Waals surface area contributed by atoms with Crippen LogP contribution in [-0.4, -0.2) is 28.3 Å². The topological polar surface area (TPSA) is 84.0 Å². The Bertz CT molecular complexity index is 954. The number of nitrogens with zero attached hydrogens (tertiary/aromatic N) is 2. The van der Waals surface area contributed by atoms with Gasteiger partial charge in [-0.25, -0.2) is 4.98 Å². The van der Waals surface area contributed by atoms with Crippen LogP contribution in [0.3, 0.4) is 0 Å². The van der Waals surface area contributed by atoms with Gasteiger partial charge >= 0.3 is 0 Å². The summed E-state index contributed by atoms with van der Waals surface area (Å²) in [5.74, 6) is -0.0614. The normalized spacial score (nSPS) is 10.7. The van der Waals surface area contributed by atoms with Crippen LogP contribution in [0.4, 0.5) is 5.69 Å². The van der Waals surface area contributed by atoms with Crippen molar-refractivity contribution in [2.45, 2.75) is 20.3 Å². The van der Waals surface area contributed by atoms with Crippen molar-refractivity contribution < 1.29 is 9.59 Å². The number of thiazole rings is 1. The Morgan fingerprint density at radius 3 is 2.71 bits per heavy atom. The number of pyridine rings is 1. The predicted octanol–water partition coefficient (Wildman–Crippen LogP) is 3.77. The maximum absolute atomic E-state index is 12.5. The van der Waals surface area contributed by atoms with E-state index >= 15 is 0 Å². The molecule has 2 N–H and O–H groups in total. The standard InChI is InChI=1S/C21H22N4O2S/c1-14(2)11-23-20(27)17-7-3-4-8-18(17)25-19(26)10-16-13-28-21(24-16)15-6-5-9-22-12-15/h3-9,12-14H,10-11H2,1-2H3,(H,23,27)(H,25,26). The molecule has 3 rings (SSSR count). The molecule has 7 heteroatoms. The highest BCUT2D eigenvalue weighted by molar-refractivity contribution is 7.13. The Hall–Kier alpha value is -3.06. The van der Waals surface area contributed by atoms with Crippen LogP contribution in [0, 0.1) is 5.92 Å². The number of nitrogens with one attached hydrogen (secondary N) is 2. The number of para-hydroxylation sites is 1. The molecule has 2 heterocycles. The summed E-state index contributed by atoms with van der Waals surface area (Å²) in [5.41, 5.74) is 2.55. The molecule has 0 spiro atoms. The average Bonchev–Trinajstić information content (AvgIpc) is 3.15. The van der Waals surface area contributed by atoms with E-state index in [4.69, 9.17) is 0 Å². The summed E-state index contributed by atoms with van der Waals surface area (Å²) >= 11 is 1.47. The number of anilines is 1. The molecule has 0 aliphatic heterocycles. The lowest BCUT2D eigenvalue weighted by molar-refractivity contribution is -0.115. The molecule has 28 heavy (non-hydrogen) atoms. The molecule has 0 bridgehead atoms. The van der Waals surface area contributed by atoms with E-state index in [0.29, 0.717) is 29.4 Å². The molecular weight excluding hydrogens is 372 g/mol. The molecule has 0 atom stereocenters. The van der Waals surface area contributed by atoms with Gasteiger partial charge in [-0.1, -0.05) is 26.0 Å². The first kappa shape index (κ1) is 19.7. The van der Waals surface area contributed by atoms with Crippen LogP contribution in [0.15, 0.2) is 54.2 Å². The lowest BCUT2D eigenvalue weighted by Crippen LogP contribution is -2.28. The van der Waals surface area contributed by atoms with E-state index in [2.05, 4.69) is 20.6 Å². The first-order chi connectivity index (χ1) is 13.5. The Morgan fingerprint density at radius 2 is 1.96 bits per heavy atom. The first-order valence-electron chi connectivity index (χ1n) is 9.05. The van der Waals surface area contributed by atoms with Crippen molar-refractivity contribution in [3.63, 3.8) is 0 Å². The van der Waals surface area contributed by atoms with Crippen LogP contribution in [0.25, 0.3) is 10.6 Å². The van der Waals surface area contributed by atoms with Gasteiger partial charge in [0, 0.05) is 29.9 Å². The van der Waals surface area contributed by atoms with E-state index in [9.17, 15) is 9.59 Å². The minimum atomic E-state index is -0.216. The van der Waals surface area contributed by atoms with Crippen LogP contribution in [-0.2, 0) is 11.2 Å². The quantitative estimate of drug-likeness (QED) is 0.639. The number of rotatable bonds is 7. The number of carbonyl (C=O) groups excluding carboxylic acids is 2. The Kier molecular flexibility index (Phi) is 6.49. The molecule has 0 fully saturated rings. The Labute approximate surface area is 168 Å². The van der Waals surface area contributed by atoms with Gasteiger partial charge in [-0.3, -0.25) is 14.6 Å². The second kappa shape index (κ2) is 9.23. The third-order valence-corrected chi connectivity index (χ3v) is 4.86. The molecule has 0 saturated heterocycles. The van der Waals surface area contributed by atoms with Gasteiger partial charge in [-0.2, -0.15) is 0 Å². The van der Waals surface area contributed by atoms with Crippen molar-refractivity contribution in [3.05, 3.63) is 65.4 Å². The van der Waals surface area contributed by atoms with Crippen LogP contribution < -0.4 is 10.6 Å². The average molecular weight is 395 g/mol. The monoisotopic (exact) mass is 394 g/mol. The van der Waals surface area contributed by atoms with Crippen molar-refractivity contribution >= 4 is 28.8 Å². The second-order valence-corrected chi connectivity index (χ2v) is 7.62.